The summed E-state index contributed by atoms with van der Waals surface area (Å²) in [4.78, 5) is 9.52. The fourth-order valence-corrected chi connectivity index (χ4v) is 4.18. The molecule has 2 aliphatic heterocycles. The lowest BCUT2D eigenvalue weighted by Crippen LogP contribution is -2.51. The van der Waals surface area contributed by atoms with Crippen LogP contribution in [0.15, 0.2) is 11.6 Å². The number of aromatic nitrogens is 1. The van der Waals surface area contributed by atoms with Crippen molar-refractivity contribution >= 4 is 16.5 Å². The van der Waals surface area contributed by atoms with Crippen LogP contribution in [0.25, 0.3) is 0 Å². The highest BCUT2D eigenvalue weighted by Crippen LogP contribution is 2.35. The lowest BCUT2D eigenvalue weighted by Gasteiger charge is -2.42. The average Bonchev–Trinajstić information content (AvgIpc) is 3.11. The predicted octanol–water partition coefficient (Wildman–Crippen LogP) is 1.90. The lowest BCUT2D eigenvalue weighted by molar-refractivity contribution is 0.113. The van der Waals surface area contributed by atoms with Gasteiger partial charge in [-0.1, -0.05) is 13.8 Å². The first-order valence-corrected chi connectivity index (χ1v) is 8.65. The molecule has 112 valence electrons. The minimum absolute atomic E-state index is 0.489. The molecule has 2 aliphatic rings. The summed E-state index contributed by atoms with van der Waals surface area (Å²) in [6.07, 6.45) is 3.24. The monoisotopic (exact) mass is 294 g/mol. The largest absolute Gasteiger partial charge is 0.346 e. The van der Waals surface area contributed by atoms with Gasteiger partial charge in [-0.2, -0.15) is 0 Å². The van der Waals surface area contributed by atoms with Gasteiger partial charge in [-0.15, -0.1) is 11.3 Å². The maximum absolute atomic E-state index is 4.43. The SMILES string of the molecule is CC(C)C1(CN2CCN(c3nccs3)CC2)CCNC1. The zero-order valence-corrected chi connectivity index (χ0v) is 13.5. The summed E-state index contributed by atoms with van der Waals surface area (Å²) >= 11 is 1.75. The Morgan fingerprint density at radius 1 is 1.35 bits per heavy atom. The molecule has 3 rings (SSSR count). The molecule has 0 amide bonds. The average molecular weight is 294 g/mol. The molecule has 2 fully saturated rings. The van der Waals surface area contributed by atoms with Gasteiger partial charge >= 0.3 is 0 Å². The van der Waals surface area contributed by atoms with Gasteiger partial charge in [-0.05, 0) is 24.3 Å². The standard InChI is InChI=1S/C15H26N4S/c1-13(2)15(3-4-16-11-15)12-18-6-8-19(9-7-18)14-17-5-10-20-14/h5,10,13,16H,3-4,6-9,11-12H2,1-2H3. The van der Waals surface area contributed by atoms with Gasteiger partial charge in [0, 0.05) is 50.8 Å². The van der Waals surface area contributed by atoms with Gasteiger partial charge in [0.05, 0.1) is 0 Å². The van der Waals surface area contributed by atoms with Gasteiger partial charge in [0.15, 0.2) is 5.13 Å². The Balaban J connectivity index is 1.55. The highest BCUT2D eigenvalue weighted by atomic mass is 32.1. The van der Waals surface area contributed by atoms with Gasteiger partial charge in [-0.25, -0.2) is 4.98 Å². The summed E-state index contributed by atoms with van der Waals surface area (Å²) in [5, 5.41) is 6.82. The molecule has 5 heteroatoms. The molecular formula is C15H26N4S. The first-order valence-electron chi connectivity index (χ1n) is 7.77. The lowest BCUT2D eigenvalue weighted by atomic mass is 9.76. The van der Waals surface area contributed by atoms with Crippen LogP contribution in [0.4, 0.5) is 5.13 Å². The third-order valence-corrected chi connectivity index (χ3v) is 5.93. The Hall–Kier alpha value is -0.650. The van der Waals surface area contributed by atoms with Crippen molar-refractivity contribution in [3.63, 3.8) is 0 Å². The van der Waals surface area contributed by atoms with Crippen molar-refractivity contribution in [3.8, 4) is 0 Å². The van der Waals surface area contributed by atoms with E-state index in [2.05, 4.69) is 39.3 Å². The number of nitrogens with zero attached hydrogens (tertiary/aromatic N) is 3. The molecule has 1 aromatic heterocycles. The van der Waals surface area contributed by atoms with E-state index in [4.69, 9.17) is 0 Å². The number of rotatable bonds is 4. The van der Waals surface area contributed by atoms with Crippen LogP contribution in [-0.2, 0) is 0 Å². The maximum Gasteiger partial charge on any atom is 0.185 e. The van der Waals surface area contributed by atoms with Crippen molar-refractivity contribution in [1.82, 2.24) is 15.2 Å². The van der Waals surface area contributed by atoms with E-state index >= 15 is 0 Å². The minimum Gasteiger partial charge on any atom is -0.346 e. The minimum atomic E-state index is 0.489. The highest BCUT2D eigenvalue weighted by Gasteiger charge is 2.38. The Bertz CT molecular complexity index is 404. The highest BCUT2D eigenvalue weighted by molar-refractivity contribution is 7.13. The maximum atomic E-state index is 4.43. The van der Waals surface area contributed by atoms with Crippen LogP contribution in [-0.4, -0.2) is 55.7 Å². The molecule has 3 heterocycles. The van der Waals surface area contributed by atoms with E-state index < -0.39 is 0 Å². The van der Waals surface area contributed by atoms with E-state index in [-0.39, 0.29) is 0 Å². The van der Waals surface area contributed by atoms with Gasteiger partial charge in [0.2, 0.25) is 0 Å². The normalized spacial score (nSPS) is 28.4. The topological polar surface area (TPSA) is 31.4 Å². The molecule has 2 saturated heterocycles. The summed E-state index contributed by atoms with van der Waals surface area (Å²) in [7, 11) is 0. The Kier molecular flexibility index (Phi) is 4.29. The summed E-state index contributed by atoms with van der Waals surface area (Å²) in [5.41, 5.74) is 0.489. The van der Waals surface area contributed by atoms with E-state index in [1.807, 2.05) is 6.20 Å². The van der Waals surface area contributed by atoms with Crippen LogP contribution < -0.4 is 10.2 Å². The zero-order valence-electron chi connectivity index (χ0n) is 12.6. The summed E-state index contributed by atoms with van der Waals surface area (Å²) < 4.78 is 0. The Morgan fingerprint density at radius 2 is 2.15 bits per heavy atom. The molecule has 0 radical (unpaired) electrons. The van der Waals surface area contributed by atoms with Gasteiger partial charge < -0.3 is 10.2 Å². The number of thiazole rings is 1. The van der Waals surface area contributed by atoms with Crippen LogP contribution in [0.5, 0.6) is 0 Å². The van der Waals surface area contributed by atoms with Crippen LogP contribution in [0.1, 0.15) is 20.3 Å². The van der Waals surface area contributed by atoms with E-state index in [1.165, 1.54) is 44.3 Å². The second-order valence-electron chi connectivity index (χ2n) is 6.52. The number of hydrogen-bond donors (Lipinski definition) is 1. The third kappa shape index (κ3) is 2.85. The van der Waals surface area contributed by atoms with Crippen molar-refractivity contribution in [1.29, 1.82) is 0 Å². The molecule has 0 aliphatic carbocycles. The quantitative estimate of drug-likeness (QED) is 0.919. The third-order valence-electron chi connectivity index (χ3n) is 5.10. The molecule has 4 nitrogen and oxygen atoms in total. The number of hydrogen-bond acceptors (Lipinski definition) is 5. The summed E-state index contributed by atoms with van der Waals surface area (Å²) in [5.74, 6) is 0.759. The number of piperazine rings is 1. The van der Waals surface area contributed by atoms with Crippen molar-refractivity contribution in [2.45, 2.75) is 20.3 Å². The van der Waals surface area contributed by atoms with E-state index in [1.54, 1.807) is 11.3 Å². The molecule has 1 unspecified atom stereocenters. The van der Waals surface area contributed by atoms with E-state index in [9.17, 15) is 0 Å². The van der Waals surface area contributed by atoms with Crippen LogP contribution in [0.2, 0.25) is 0 Å². The van der Waals surface area contributed by atoms with Crippen LogP contribution in [0, 0.1) is 11.3 Å². The zero-order chi connectivity index (χ0) is 14.0. The fraction of sp³-hybridized carbons (Fsp3) is 0.800. The van der Waals surface area contributed by atoms with Crippen molar-refractivity contribution in [3.05, 3.63) is 11.6 Å². The molecule has 0 bridgehead atoms. The van der Waals surface area contributed by atoms with Crippen LogP contribution >= 0.6 is 11.3 Å². The number of anilines is 1. The molecule has 0 spiro atoms. The first-order chi connectivity index (χ1) is 9.70. The van der Waals surface area contributed by atoms with Crippen LogP contribution in [0.3, 0.4) is 0 Å². The summed E-state index contributed by atoms with van der Waals surface area (Å²) in [6.45, 7) is 13.0. The van der Waals surface area contributed by atoms with Crippen molar-refractivity contribution in [2.24, 2.45) is 11.3 Å². The van der Waals surface area contributed by atoms with E-state index in [0.29, 0.717) is 5.41 Å². The summed E-state index contributed by atoms with van der Waals surface area (Å²) in [6, 6.07) is 0. The molecular weight excluding hydrogens is 268 g/mol. The molecule has 1 N–H and O–H groups in total. The molecule has 1 aromatic rings. The smallest absolute Gasteiger partial charge is 0.185 e. The van der Waals surface area contributed by atoms with Gasteiger partial charge in [0.25, 0.3) is 0 Å². The van der Waals surface area contributed by atoms with Gasteiger partial charge in [0.1, 0.15) is 0 Å². The van der Waals surface area contributed by atoms with Gasteiger partial charge in [-0.3, -0.25) is 4.90 Å². The second kappa shape index (κ2) is 6.00. The molecule has 1 atom stereocenters. The second-order valence-corrected chi connectivity index (χ2v) is 7.39. The Labute approximate surface area is 126 Å². The van der Waals surface area contributed by atoms with Crippen molar-refractivity contribution in [2.75, 3.05) is 50.7 Å². The first kappa shape index (κ1) is 14.3. The van der Waals surface area contributed by atoms with E-state index in [0.717, 1.165) is 19.0 Å². The predicted molar refractivity (Wildman–Crippen MR) is 85.5 cm³/mol. The number of nitrogens with one attached hydrogen (secondary N) is 1. The Morgan fingerprint density at radius 3 is 2.70 bits per heavy atom. The fourth-order valence-electron chi connectivity index (χ4n) is 3.49. The molecule has 20 heavy (non-hydrogen) atoms. The van der Waals surface area contributed by atoms with Crippen molar-refractivity contribution < 1.29 is 0 Å². The molecule has 0 saturated carbocycles. The molecule has 0 aromatic carbocycles.